The van der Waals surface area contributed by atoms with E-state index in [1.807, 2.05) is 19.1 Å². The highest BCUT2D eigenvalue weighted by atomic mass is 35.5. The van der Waals surface area contributed by atoms with Crippen LogP contribution in [0.3, 0.4) is 0 Å². The van der Waals surface area contributed by atoms with Gasteiger partial charge in [-0.15, -0.1) is 0 Å². The zero-order chi connectivity index (χ0) is 6.85. The highest BCUT2D eigenvalue weighted by Crippen LogP contribution is 2.21. The molecule has 3 heteroatoms. The van der Waals surface area contributed by atoms with Crippen molar-refractivity contribution >= 4 is 23.2 Å². The molecule has 1 rings (SSSR count). The molecule has 3 N–H and O–H groups in total. The highest BCUT2D eigenvalue weighted by molar-refractivity contribution is 6.41. The Labute approximate surface area is 70.5 Å². The molecular weight excluding hydrogens is 169 g/mol. The van der Waals surface area contributed by atoms with Crippen LogP contribution in [-0.4, -0.2) is 0 Å². The van der Waals surface area contributed by atoms with Crippen LogP contribution in [0.15, 0.2) is 18.2 Å². The number of hydrogen-bond donors (Lipinski definition) is 1. The van der Waals surface area contributed by atoms with Crippen molar-refractivity contribution in [1.29, 1.82) is 0 Å². The topological polar surface area (TPSA) is 35.0 Å². The second-order valence-corrected chi connectivity index (χ2v) is 2.73. The first-order valence-corrected chi connectivity index (χ1v) is 3.37. The Kier molecular flexibility index (Phi) is 3.72. The van der Waals surface area contributed by atoms with Crippen LogP contribution in [0.5, 0.6) is 0 Å². The maximum atomic E-state index is 5.68. The zero-order valence-electron chi connectivity index (χ0n) is 5.70. The molecule has 1 aromatic carbocycles. The van der Waals surface area contributed by atoms with Crippen LogP contribution in [0.25, 0.3) is 0 Å². The van der Waals surface area contributed by atoms with E-state index in [0.717, 1.165) is 5.56 Å². The van der Waals surface area contributed by atoms with Gasteiger partial charge in [-0.3, -0.25) is 0 Å². The lowest BCUT2D eigenvalue weighted by Gasteiger charge is -1.94. The predicted octanol–water partition coefficient (Wildman–Crippen LogP) is 3.46. The van der Waals surface area contributed by atoms with Crippen molar-refractivity contribution in [2.24, 2.45) is 0 Å². The molecule has 0 fully saturated rings. The van der Waals surface area contributed by atoms with Crippen LogP contribution in [0.2, 0.25) is 10.0 Å². The fourth-order valence-corrected chi connectivity index (χ4v) is 0.954. The molecule has 0 atom stereocenters. The maximum absolute atomic E-state index is 5.68. The molecule has 0 radical (unpaired) electrons. The van der Waals surface area contributed by atoms with E-state index in [0.29, 0.717) is 10.0 Å². The summed E-state index contributed by atoms with van der Waals surface area (Å²) in [5, 5.41) is 1.24. The van der Waals surface area contributed by atoms with Crippen LogP contribution >= 0.6 is 23.2 Å². The van der Waals surface area contributed by atoms with Crippen LogP contribution in [0, 0.1) is 6.92 Å². The fourth-order valence-electron chi connectivity index (χ4n) is 0.601. The summed E-state index contributed by atoms with van der Waals surface area (Å²) >= 11 is 11.3. The first-order chi connectivity index (χ1) is 4.20. The normalized spacial score (nSPS) is 8.70. The van der Waals surface area contributed by atoms with Crippen molar-refractivity contribution in [1.82, 2.24) is 6.15 Å². The summed E-state index contributed by atoms with van der Waals surface area (Å²) in [7, 11) is 0. The summed E-state index contributed by atoms with van der Waals surface area (Å²) in [4.78, 5) is 0. The molecule has 0 aromatic heterocycles. The van der Waals surface area contributed by atoms with Gasteiger partial charge in [0.25, 0.3) is 0 Å². The molecule has 10 heavy (non-hydrogen) atoms. The SMILES string of the molecule is Cc1ccc(Cl)c(Cl)c1.N. The Bertz CT molecular complexity index is 223. The lowest BCUT2D eigenvalue weighted by molar-refractivity contribution is 1.47. The molecule has 0 amide bonds. The molecule has 0 unspecified atom stereocenters. The molecule has 0 saturated heterocycles. The highest BCUT2D eigenvalue weighted by Gasteiger charge is 1.93. The van der Waals surface area contributed by atoms with Crippen molar-refractivity contribution in [2.45, 2.75) is 6.92 Å². The quantitative estimate of drug-likeness (QED) is 0.648. The molecule has 0 aliphatic rings. The van der Waals surface area contributed by atoms with Crippen molar-refractivity contribution in [3.63, 3.8) is 0 Å². The molecule has 0 aliphatic heterocycles. The Balaban J connectivity index is 0.000000810. The van der Waals surface area contributed by atoms with E-state index in [1.54, 1.807) is 6.07 Å². The Morgan fingerprint density at radius 1 is 1.10 bits per heavy atom. The van der Waals surface area contributed by atoms with Gasteiger partial charge in [0, 0.05) is 0 Å². The predicted molar refractivity (Wildman–Crippen MR) is 46.2 cm³/mol. The van der Waals surface area contributed by atoms with E-state index in [-0.39, 0.29) is 6.15 Å². The second-order valence-electron chi connectivity index (χ2n) is 1.92. The summed E-state index contributed by atoms with van der Waals surface area (Å²) in [6, 6.07) is 5.55. The van der Waals surface area contributed by atoms with Crippen LogP contribution < -0.4 is 6.15 Å². The summed E-state index contributed by atoms with van der Waals surface area (Å²) in [5.41, 5.74) is 1.13. The molecule has 1 aromatic rings. The van der Waals surface area contributed by atoms with Gasteiger partial charge in [0.15, 0.2) is 0 Å². The lowest BCUT2D eigenvalue weighted by atomic mass is 10.2. The number of benzene rings is 1. The van der Waals surface area contributed by atoms with E-state index in [4.69, 9.17) is 23.2 Å². The van der Waals surface area contributed by atoms with Crippen LogP contribution in [0.4, 0.5) is 0 Å². The van der Waals surface area contributed by atoms with Gasteiger partial charge >= 0.3 is 0 Å². The Morgan fingerprint density at radius 2 is 1.70 bits per heavy atom. The number of halogens is 2. The van der Waals surface area contributed by atoms with Crippen LogP contribution in [0.1, 0.15) is 5.56 Å². The first-order valence-electron chi connectivity index (χ1n) is 2.62. The van der Waals surface area contributed by atoms with Crippen molar-refractivity contribution < 1.29 is 0 Å². The third-order valence-electron chi connectivity index (χ3n) is 1.08. The standard InChI is InChI=1S/C7H6Cl2.H3N/c1-5-2-3-6(8)7(9)4-5;/h2-4H,1H3;1H3. The Hall–Kier alpha value is -0.240. The summed E-state index contributed by atoms with van der Waals surface area (Å²) in [5.74, 6) is 0. The number of hydrogen-bond acceptors (Lipinski definition) is 1. The smallest absolute Gasteiger partial charge is 0.0594 e. The van der Waals surface area contributed by atoms with E-state index in [1.165, 1.54) is 0 Å². The zero-order valence-corrected chi connectivity index (χ0v) is 7.21. The molecule has 56 valence electrons. The third-order valence-corrected chi connectivity index (χ3v) is 1.81. The molecule has 0 bridgehead atoms. The molecule has 0 spiro atoms. The summed E-state index contributed by atoms with van der Waals surface area (Å²) < 4.78 is 0. The molecule has 0 aliphatic carbocycles. The van der Waals surface area contributed by atoms with E-state index < -0.39 is 0 Å². The minimum atomic E-state index is 0. The van der Waals surface area contributed by atoms with Crippen molar-refractivity contribution in [3.05, 3.63) is 33.8 Å². The lowest BCUT2D eigenvalue weighted by Crippen LogP contribution is -1.70. The minimum Gasteiger partial charge on any atom is -0.344 e. The molecular formula is C7H9Cl2N. The van der Waals surface area contributed by atoms with Gasteiger partial charge in [-0.2, -0.15) is 0 Å². The first kappa shape index (κ1) is 9.76. The van der Waals surface area contributed by atoms with Gasteiger partial charge in [0.05, 0.1) is 10.0 Å². The van der Waals surface area contributed by atoms with Gasteiger partial charge in [-0.25, -0.2) is 0 Å². The van der Waals surface area contributed by atoms with Crippen molar-refractivity contribution in [3.8, 4) is 0 Å². The van der Waals surface area contributed by atoms with E-state index in [2.05, 4.69) is 0 Å². The second kappa shape index (κ2) is 3.81. The number of rotatable bonds is 0. The average Bonchev–Trinajstić information content (AvgIpc) is 1.80. The van der Waals surface area contributed by atoms with Gasteiger partial charge in [0.1, 0.15) is 0 Å². The largest absolute Gasteiger partial charge is 0.344 e. The fraction of sp³-hybridized carbons (Fsp3) is 0.143. The van der Waals surface area contributed by atoms with Gasteiger partial charge in [-0.05, 0) is 24.6 Å². The molecule has 0 heterocycles. The maximum Gasteiger partial charge on any atom is 0.0594 e. The van der Waals surface area contributed by atoms with E-state index >= 15 is 0 Å². The molecule has 1 nitrogen and oxygen atoms in total. The van der Waals surface area contributed by atoms with Crippen LogP contribution in [-0.2, 0) is 0 Å². The Morgan fingerprint density at radius 3 is 2.10 bits per heavy atom. The monoisotopic (exact) mass is 177 g/mol. The average molecular weight is 178 g/mol. The number of aryl methyl sites for hydroxylation is 1. The van der Waals surface area contributed by atoms with E-state index in [9.17, 15) is 0 Å². The van der Waals surface area contributed by atoms with Gasteiger partial charge in [0.2, 0.25) is 0 Å². The summed E-state index contributed by atoms with van der Waals surface area (Å²) in [6.45, 7) is 1.97. The summed E-state index contributed by atoms with van der Waals surface area (Å²) in [6.07, 6.45) is 0. The minimum absolute atomic E-state index is 0. The van der Waals surface area contributed by atoms with Gasteiger partial charge < -0.3 is 6.15 Å². The third kappa shape index (κ3) is 2.18. The van der Waals surface area contributed by atoms with Crippen molar-refractivity contribution in [2.75, 3.05) is 0 Å². The molecule has 0 saturated carbocycles. The van der Waals surface area contributed by atoms with Gasteiger partial charge in [-0.1, -0.05) is 29.3 Å².